The normalized spacial score (nSPS) is 10.1. The van der Waals surface area contributed by atoms with E-state index < -0.39 is 25.7 Å². The quantitative estimate of drug-likeness (QED) is 0.261. The van der Waals surface area contributed by atoms with Crippen molar-refractivity contribution in [2.45, 2.75) is 72.6 Å². The summed E-state index contributed by atoms with van der Waals surface area (Å²) in [6.07, 6.45) is 8.85. The fourth-order valence-corrected chi connectivity index (χ4v) is 11.1. The minimum absolute atomic E-state index is 0.192. The predicted octanol–water partition coefficient (Wildman–Crippen LogP) is 5.39. The maximum atomic E-state index is 9.36. The molecule has 0 saturated carbocycles. The van der Waals surface area contributed by atoms with Gasteiger partial charge < -0.3 is 5.11 Å². The van der Waals surface area contributed by atoms with E-state index in [4.69, 9.17) is 5.11 Å². The zero-order valence-electron chi connectivity index (χ0n) is 12.3. The molecule has 0 aromatic carbocycles. The first-order chi connectivity index (χ1) is 8.62. The van der Waals surface area contributed by atoms with Crippen molar-refractivity contribution < 1.29 is 9.90 Å². The van der Waals surface area contributed by atoms with Gasteiger partial charge in [0.2, 0.25) is 0 Å². The van der Waals surface area contributed by atoms with Gasteiger partial charge in [-0.3, -0.25) is 4.79 Å². The Balaban J connectivity index is 0. The minimum atomic E-state index is -0.839. The monoisotopic (exact) mass is 477 g/mol. The van der Waals surface area contributed by atoms with Crippen molar-refractivity contribution in [3.05, 3.63) is 0 Å². The molecule has 0 heterocycles. The number of rotatable bonds is 10. The van der Waals surface area contributed by atoms with Gasteiger partial charge in [0.15, 0.2) is 0 Å². The Morgan fingerprint density at radius 2 is 1.22 bits per heavy atom. The third-order valence-electron chi connectivity index (χ3n) is 2.77. The van der Waals surface area contributed by atoms with E-state index in [0.717, 1.165) is 0 Å². The number of carboxylic acid groups (broad SMARTS) is 1. The van der Waals surface area contributed by atoms with Crippen LogP contribution in [0.4, 0.5) is 0 Å². The maximum Gasteiger partial charge on any atom is 0.313 e. The van der Waals surface area contributed by atoms with E-state index in [-0.39, 0.29) is 4.43 Å². The van der Waals surface area contributed by atoms with Crippen molar-refractivity contribution in [1.29, 1.82) is 0 Å². The van der Waals surface area contributed by atoms with Crippen LogP contribution in [0, 0.1) is 0 Å². The molecule has 18 heavy (non-hydrogen) atoms. The van der Waals surface area contributed by atoms with Gasteiger partial charge in [0.25, 0.3) is 0 Å². The molecule has 4 heteroatoms. The van der Waals surface area contributed by atoms with Gasteiger partial charge in [-0.2, -0.15) is 0 Å². The molecule has 0 saturated heterocycles. The second kappa shape index (κ2) is 18.0. The van der Waals surface area contributed by atoms with Crippen molar-refractivity contribution in [2.24, 2.45) is 0 Å². The molecule has 0 aliphatic rings. The number of aliphatic carboxylic acids is 1. The molecule has 0 amide bonds. The average molecular weight is 476 g/mol. The predicted molar refractivity (Wildman–Crippen MR) is 91.4 cm³/mol. The number of unbranched alkanes of at least 4 members (excludes halogenated alkanes) is 3. The first-order valence-corrected chi connectivity index (χ1v) is 14.8. The summed E-state index contributed by atoms with van der Waals surface area (Å²) in [4.78, 5) is 9.36. The summed E-state index contributed by atoms with van der Waals surface area (Å²) in [5, 5.41) is 7.71. The van der Waals surface area contributed by atoms with Crippen molar-refractivity contribution in [2.75, 3.05) is 4.43 Å². The Morgan fingerprint density at radius 3 is 1.39 bits per heavy atom. The molecule has 0 rings (SSSR count). The molecule has 0 unspecified atom stereocenters. The van der Waals surface area contributed by atoms with E-state index in [0.29, 0.717) is 0 Å². The molecule has 1 N–H and O–H groups in total. The van der Waals surface area contributed by atoms with E-state index in [1.165, 1.54) is 38.5 Å². The van der Waals surface area contributed by atoms with Crippen molar-refractivity contribution in [1.82, 2.24) is 0 Å². The molecular formula is C14H30IO2Sn. The summed E-state index contributed by atoms with van der Waals surface area (Å²) in [6.45, 7) is 7.00. The van der Waals surface area contributed by atoms with Crippen LogP contribution < -0.4 is 0 Å². The van der Waals surface area contributed by atoms with Crippen LogP contribution in [0.15, 0.2) is 0 Å². The zero-order chi connectivity index (χ0) is 14.2. The Morgan fingerprint density at radius 1 is 0.944 bits per heavy atom. The number of hydrogen-bond donors (Lipinski definition) is 1. The van der Waals surface area contributed by atoms with Gasteiger partial charge >= 0.3 is 98.3 Å². The number of carbonyl (C=O) groups is 1. The fraction of sp³-hybridized carbons (Fsp3) is 0.929. The van der Waals surface area contributed by atoms with Crippen LogP contribution in [0.25, 0.3) is 0 Å². The molecule has 0 bridgehead atoms. The fourth-order valence-electron chi connectivity index (χ4n) is 1.66. The topological polar surface area (TPSA) is 37.3 Å². The molecule has 0 aliphatic heterocycles. The van der Waals surface area contributed by atoms with Crippen LogP contribution >= 0.6 is 22.6 Å². The van der Waals surface area contributed by atoms with Crippen molar-refractivity contribution in [3.63, 3.8) is 0 Å². The Hall–Kier alpha value is 0.999. The third-order valence-corrected chi connectivity index (χ3v) is 12.5. The Kier molecular flexibility index (Phi) is 21.3. The van der Waals surface area contributed by atoms with Gasteiger partial charge in [-0.1, -0.05) is 22.6 Å². The Labute approximate surface area is 134 Å². The number of hydrogen-bond acceptors (Lipinski definition) is 1. The van der Waals surface area contributed by atoms with E-state index in [1.54, 1.807) is 35.9 Å². The minimum Gasteiger partial charge on any atom is -0.481 e. The van der Waals surface area contributed by atoms with Crippen molar-refractivity contribution >= 4 is 48.3 Å². The molecular weight excluding hydrogens is 446 g/mol. The van der Waals surface area contributed by atoms with E-state index in [2.05, 4.69) is 20.8 Å². The van der Waals surface area contributed by atoms with Crippen LogP contribution in [-0.4, -0.2) is 35.3 Å². The molecule has 1 radical (unpaired) electrons. The summed E-state index contributed by atoms with van der Waals surface area (Å²) in [5.41, 5.74) is 0. The standard InChI is InChI=1S/3C4H9.C2H3IO2.Sn/c3*1-3-4-2;3-1-2(4)5;/h3*1,3-4H2,2H3;1H2,(H,4,5);. The van der Waals surface area contributed by atoms with Crippen LogP contribution in [0.3, 0.4) is 0 Å². The largest absolute Gasteiger partial charge is 0.481 e. The summed E-state index contributed by atoms with van der Waals surface area (Å²) in [5.74, 6) is -0.759. The SMILES string of the molecule is CCC[CH2][Sn]([CH2]CCC)[CH2]CCC.O=C(O)CI. The van der Waals surface area contributed by atoms with Crippen LogP contribution in [0.1, 0.15) is 59.3 Å². The second-order valence-electron chi connectivity index (χ2n) is 4.59. The van der Waals surface area contributed by atoms with E-state index in [9.17, 15) is 4.79 Å². The van der Waals surface area contributed by atoms with E-state index >= 15 is 0 Å². The molecule has 0 aromatic heterocycles. The number of halogens is 1. The summed E-state index contributed by atoms with van der Waals surface area (Å²) in [7, 11) is 0. The summed E-state index contributed by atoms with van der Waals surface area (Å²) in [6, 6.07) is 0. The third kappa shape index (κ3) is 19.3. The van der Waals surface area contributed by atoms with Gasteiger partial charge in [0, 0.05) is 0 Å². The van der Waals surface area contributed by atoms with Crippen molar-refractivity contribution in [3.8, 4) is 0 Å². The van der Waals surface area contributed by atoms with Gasteiger partial charge in [0.05, 0.1) is 4.43 Å². The number of carboxylic acids is 1. The van der Waals surface area contributed by atoms with Gasteiger partial charge in [-0.05, 0) is 0 Å². The molecule has 109 valence electrons. The zero-order valence-corrected chi connectivity index (χ0v) is 17.3. The molecule has 2 nitrogen and oxygen atoms in total. The molecule has 0 aliphatic carbocycles. The van der Waals surface area contributed by atoms with Gasteiger partial charge in [-0.25, -0.2) is 0 Å². The maximum absolute atomic E-state index is 9.36. The number of alkyl halides is 1. The van der Waals surface area contributed by atoms with E-state index in [1.807, 2.05) is 0 Å². The van der Waals surface area contributed by atoms with Gasteiger partial charge in [0.1, 0.15) is 0 Å². The van der Waals surface area contributed by atoms with Gasteiger partial charge in [-0.15, -0.1) is 0 Å². The smallest absolute Gasteiger partial charge is 0.313 e. The Bertz CT molecular complexity index is 158. The second-order valence-corrected chi connectivity index (χ2v) is 13.9. The molecule has 0 aromatic rings. The van der Waals surface area contributed by atoms with Crippen LogP contribution in [0.2, 0.25) is 13.3 Å². The van der Waals surface area contributed by atoms with Crippen LogP contribution in [-0.2, 0) is 4.79 Å². The summed E-state index contributed by atoms with van der Waals surface area (Å²) < 4.78 is 5.23. The first kappa shape index (κ1) is 21.3. The molecule has 0 atom stereocenters. The molecule has 0 spiro atoms. The first-order valence-electron chi connectivity index (χ1n) is 7.23. The van der Waals surface area contributed by atoms with Crippen LogP contribution in [0.5, 0.6) is 0 Å². The summed E-state index contributed by atoms with van der Waals surface area (Å²) >= 11 is 0.939. The molecule has 0 fully saturated rings. The average Bonchev–Trinajstić information content (AvgIpc) is 2.38.